The maximum absolute atomic E-state index is 10.2. The van der Waals surface area contributed by atoms with Crippen LogP contribution >= 0.6 is 31.9 Å². The van der Waals surface area contributed by atoms with Gasteiger partial charge in [-0.3, -0.25) is 0 Å². The van der Waals surface area contributed by atoms with Crippen LogP contribution in [0.3, 0.4) is 0 Å². The highest BCUT2D eigenvalue weighted by molar-refractivity contribution is 9.11. The van der Waals surface area contributed by atoms with Crippen LogP contribution in [-0.4, -0.2) is 17.6 Å². The Kier molecular flexibility index (Phi) is 4.84. The van der Waals surface area contributed by atoms with Gasteiger partial charge in [-0.05, 0) is 44.0 Å². The number of hydrogen-bond acceptors (Lipinski definition) is 2. The van der Waals surface area contributed by atoms with Crippen molar-refractivity contribution in [2.45, 2.75) is 0 Å². The lowest BCUT2D eigenvalue weighted by Crippen LogP contribution is -2.00. The van der Waals surface area contributed by atoms with E-state index in [-0.39, 0.29) is 0 Å². The predicted octanol–water partition coefficient (Wildman–Crippen LogP) is 3.26. The first-order valence-electron chi connectivity index (χ1n) is 4.18. The molecule has 0 amide bonds. The molecule has 0 saturated heterocycles. The molecule has 3 nitrogen and oxygen atoms in total. The van der Waals surface area contributed by atoms with Gasteiger partial charge in [0.05, 0.1) is 5.69 Å². The van der Waals surface area contributed by atoms with Crippen LogP contribution in [0.5, 0.6) is 0 Å². The summed E-state index contributed by atoms with van der Waals surface area (Å²) in [6.45, 7) is 0.466. The van der Waals surface area contributed by atoms with E-state index in [9.17, 15) is 4.79 Å². The Bertz CT molecular complexity index is 371. The number of benzene rings is 1. The molecule has 0 aliphatic carbocycles. The Hall–Kier alpha value is -0.810. The Morgan fingerprint density at radius 2 is 2.00 bits per heavy atom. The number of para-hydroxylation sites is 1. The molecule has 0 atom stereocenters. The molecule has 1 aromatic rings. The van der Waals surface area contributed by atoms with Gasteiger partial charge in [0, 0.05) is 21.6 Å². The van der Waals surface area contributed by atoms with Crippen LogP contribution in [0.4, 0.5) is 5.69 Å². The summed E-state index contributed by atoms with van der Waals surface area (Å²) in [5, 5.41) is 11.5. The van der Waals surface area contributed by atoms with Crippen LogP contribution < -0.4 is 5.32 Å². The SMILES string of the molecule is O=C(O)/C=C/CNc1c(Br)cccc1Br. The maximum Gasteiger partial charge on any atom is 0.328 e. The van der Waals surface area contributed by atoms with Crippen LogP contribution in [0, 0.1) is 0 Å². The second-order valence-electron chi connectivity index (χ2n) is 2.72. The van der Waals surface area contributed by atoms with E-state index in [1.807, 2.05) is 18.2 Å². The van der Waals surface area contributed by atoms with Crippen molar-refractivity contribution in [2.75, 3.05) is 11.9 Å². The highest BCUT2D eigenvalue weighted by Crippen LogP contribution is 2.30. The molecule has 15 heavy (non-hydrogen) atoms. The Morgan fingerprint density at radius 1 is 1.40 bits per heavy atom. The number of hydrogen-bond donors (Lipinski definition) is 2. The van der Waals surface area contributed by atoms with Crippen molar-refractivity contribution in [3.05, 3.63) is 39.3 Å². The van der Waals surface area contributed by atoms with Gasteiger partial charge in [-0.15, -0.1) is 0 Å². The van der Waals surface area contributed by atoms with E-state index >= 15 is 0 Å². The van der Waals surface area contributed by atoms with Crippen LogP contribution in [0.15, 0.2) is 39.3 Å². The van der Waals surface area contributed by atoms with E-state index in [0.717, 1.165) is 20.7 Å². The van der Waals surface area contributed by atoms with Gasteiger partial charge in [0.1, 0.15) is 0 Å². The molecule has 0 radical (unpaired) electrons. The van der Waals surface area contributed by atoms with Crippen molar-refractivity contribution in [2.24, 2.45) is 0 Å². The third-order valence-corrected chi connectivity index (χ3v) is 2.94. The van der Waals surface area contributed by atoms with E-state index in [0.29, 0.717) is 6.54 Å². The van der Waals surface area contributed by atoms with E-state index in [4.69, 9.17) is 5.11 Å². The van der Waals surface area contributed by atoms with E-state index in [1.54, 1.807) is 6.08 Å². The summed E-state index contributed by atoms with van der Waals surface area (Å²) in [6, 6.07) is 5.73. The summed E-state index contributed by atoms with van der Waals surface area (Å²) < 4.78 is 1.86. The van der Waals surface area contributed by atoms with Crippen molar-refractivity contribution in [1.29, 1.82) is 0 Å². The average Bonchev–Trinajstić information content (AvgIpc) is 2.15. The van der Waals surface area contributed by atoms with Crippen LogP contribution in [0.25, 0.3) is 0 Å². The molecular formula is C10H9Br2NO2. The van der Waals surface area contributed by atoms with Crippen molar-refractivity contribution in [3.8, 4) is 0 Å². The molecule has 0 heterocycles. The van der Waals surface area contributed by atoms with Crippen molar-refractivity contribution < 1.29 is 9.90 Å². The summed E-state index contributed by atoms with van der Waals surface area (Å²) >= 11 is 6.79. The van der Waals surface area contributed by atoms with Gasteiger partial charge in [-0.1, -0.05) is 12.1 Å². The summed E-state index contributed by atoms with van der Waals surface area (Å²) in [7, 11) is 0. The zero-order chi connectivity index (χ0) is 11.3. The van der Waals surface area contributed by atoms with Gasteiger partial charge >= 0.3 is 5.97 Å². The van der Waals surface area contributed by atoms with E-state index in [2.05, 4.69) is 37.2 Å². The zero-order valence-electron chi connectivity index (χ0n) is 7.71. The molecule has 0 aromatic heterocycles. The average molecular weight is 335 g/mol. The van der Waals surface area contributed by atoms with Gasteiger partial charge in [0.25, 0.3) is 0 Å². The molecule has 1 rings (SSSR count). The summed E-state index contributed by atoms with van der Waals surface area (Å²) in [5.41, 5.74) is 0.910. The van der Waals surface area contributed by atoms with Crippen molar-refractivity contribution >= 4 is 43.5 Å². The maximum atomic E-state index is 10.2. The first-order chi connectivity index (χ1) is 7.11. The molecule has 80 valence electrons. The molecule has 0 spiro atoms. The molecule has 2 N–H and O–H groups in total. The monoisotopic (exact) mass is 333 g/mol. The quantitative estimate of drug-likeness (QED) is 0.831. The molecule has 5 heteroatoms. The molecular weight excluding hydrogens is 326 g/mol. The smallest absolute Gasteiger partial charge is 0.328 e. The van der Waals surface area contributed by atoms with Gasteiger partial charge in [-0.25, -0.2) is 4.79 Å². The second kappa shape index (κ2) is 5.92. The number of anilines is 1. The molecule has 0 unspecified atom stereocenters. The Balaban J connectivity index is 2.61. The zero-order valence-corrected chi connectivity index (χ0v) is 10.9. The fourth-order valence-corrected chi connectivity index (χ4v) is 2.27. The fraction of sp³-hybridized carbons (Fsp3) is 0.100. The largest absolute Gasteiger partial charge is 0.478 e. The minimum atomic E-state index is -0.942. The van der Waals surface area contributed by atoms with E-state index < -0.39 is 5.97 Å². The lowest BCUT2D eigenvalue weighted by Gasteiger charge is -2.07. The summed E-state index contributed by atoms with van der Waals surface area (Å²) in [6.07, 6.45) is 2.66. The predicted molar refractivity (Wildman–Crippen MR) is 67.1 cm³/mol. The highest BCUT2D eigenvalue weighted by Gasteiger charge is 2.01. The molecule has 0 aliphatic rings. The molecule has 0 fully saturated rings. The van der Waals surface area contributed by atoms with Gasteiger partial charge in [-0.2, -0.15) is 0 Å². The van der Waals surface area contributed by atoms with Crippen LogP contribution in [0.2, 0.25) is 0 Å². The molecule has 1 aromatic carbocycles. The number of nitrogens with one attached hydrogen (secondary N) is 1. The van der Waals surface area contributed by atoms with Gasteiger partial charge < -0.3 is 10.4 Å². The summed E-state index contributed by atoms with van der Waals surface area (Å²) in [5.74, 6) is -0.942. The lowest BCUT2D eigenvalue weighted by molar-refractivity contribution is -0.131. The highest BCUT2D eigenvalue weighted by atomic mass is 79.9. The third kappa shape index (κ3) is 4.05. The first kappa shape index (κ1) is 12.3. The van der Waals surface area contributed by atoms with E-state index in [1.165, 1.54) is 0 Å². The number of carboxylic acids is 1. The van der Waals surface area contributed by atoms with Crippen LogP contribution in [0.1, 0.15) is 0 Å². The normalized spacial score (nSPS) is 10.5. The number of rotatable bonds is 4. The topological polar surface area (TPSA) is 49.3 Å². The number of carboxylic acid groups (broad SMARTS) is 1. The minimum Gasteiger partial charge on any atom is -0.478 e. The Labute approximate surface area is 104 Å². The second-order valence-corrected chi connectivity index (χ2v) is 4.43. The summed E-state index contributed by atoms with van der Waals surface area (Å²) in [4.78, 5) is 10.2. The minimum absolute atomic E-state index is 0.466. The Morgan fingerprint density at radius 3 is 2.53 bits per heavy atom. The molecule has 0 bridgehead atoms. The first-order valence-corrected chi connectivity index (χ1v) is 5.77. The lowest BCUT2D eigenvalue weighted by atomic mass is 10.3. The third-order valence-electron chi connectivity index (χ3n) is 1.62. The molecule has 0 aliphatic heterocycles. The number of aliphatic carboxylic acids is 1. The standard InChI is InChI=1S/C10H9Br2NO2/c11-7-3-1-4-8(12)10(7)13-6-2-5-9(14)15/h1-5,13H,6H2,(H,14,15)/b5-2+. The van der Waals surface area contributed by atoms with Crippen molar-refractivity contribution in [3.63, 3.8) is 0 Å². The van der Waals surface area contributed by atoms with Gasteiger partial charge in [0.15, 0.2) is 0 Å². The van der Waals surface area contributed by atoms with Gasteiger partial charge in [0.2, 0.25) is 0 Å². The van der Waals surface area contributed by atoms with Crippen molar-refractivity contribution in [1.82, 2.24) is 0 Å². The van der Waals surface area contributed by atoms with Crippen LogP contribution in [-0.2, 0) is 4.79 Å². The molecule has 0 saturated carbocycles. The fourth-order valence-electron chi connectivity index (χ4n) is 0.987. The number of halogens is 2. The number of carbonyl (C=O) groups is 1.